The molecule has 0 fully saturated rings. The second-order valence-electron chi connectivity index (χ2n) is 3.86. The van der Waals surface area contributed by atoms with Gasteiger partial charge in [0.1, 0.15) is 0 Å². The van der Waals surface area contributed by atoms with E-state index in [1.807, 2.05) is 32.0 Å². The van der Waals surface area contributed by atoms with Crippen LogP contribution in [0.5, 0.6) is 0 Å². The topological polar surface area (TPSA) is 46.2 Å². The van der Waals surface area contributed by atoms with E-state index in [2.05, 4.69) is 0 Å². The zero-order chi connectivity index (χ0) is 11.4. The second-order valence-corrected chi connectivity index (χ2v) is 4.26. The van der Waals surface area contributed by atoms with Crippen LogP contribution in [0.15, 0.2) is 18.2 Å². The summed E-state index contributed by atoms with van der Waals surface area (Å²) >= 11 is 5.93. The molecule has 15 heavy (non-hydrogen) atoms. The lowest BCUT2D eigenvalue weighted by atomic mass is 9.93. The van der Waals surface area contributed by atoms with Crippen LogP contribution in [-0.2, 0) is 0 Å². The largest absolute Gasteiger partial charge is 0.388 e. The monoisotopic (exact) mass is 227 g/mol. The molecular weight excluding hydrogens is 210 g/mol. The number of benzene rings is 1. The lowest BCUT2D eigenvalue weighted by Crippen LogP contribution is -2.21. The fraction of sp³-hybridized carbons (Fsp3) is 0.500. The summed E-state index contributed by atoms with van der Waals surface area (Å²) in [5, 5.41) is 10.8. The van der Waals surface area contributed by atoms with Gasteiger partial charge in [0.2, 0.25) is 0 Å². The third-order valence-corrected chi connectivity index (χ3v) is 3.22. The van der Waals surface area contributed by atoms with Gasteiger partial charge in [0.25, 0.3) is 0 Å². The van der Waals surface area contributed by atoms with Gasteiger partial charge in [0.05, 0.1) is 6.10 Å². The molecule has 3 N–H and O–H groups in total. The van der Waals surface area contributed by atoms with E-state index in [1.54, 1.807) is 0 Å². The van der Waals surface area contributed by atoms with E-state index >= 15 is 0 Å². The molecule has 0 aliphatic heterocycles. The first-order chi connectivity index (χ1) is 7.10. The Kier molecular flexibility index (Phi) is 4.58. The maximum Gasteiger partial charge on any atom is 0.0830 e. The number of halogens is 1. The van der Waals surface area contributed by atoms with Gasteiger partial charge in [-0.1, -0.05) is 30.7 Å². The van der Waals surface area contributed by atoms with E-state index in [-0.39, 0.29) is 5.92 Å². The van der Waals surface area contributed by atoms with Crippen LogP contribution in [-0.4, -0.2) is 11.7 Å². The van der Waals surface area contributed by atoms with Crippen molar-refractivity contribution in [1.29, 1.82) is 0 Å². The minimum Gasteiger partial charge on any atom is -0.388 e. The molecule has 2 atom stereocenters. The van der Waals surface area contributed by atoms with E-state index < -0.39 is 6.10 Å². The van der Waals surface area contributed by atoms with Crippen molar-refractivity contribution in [3.8, 4) is 0 Å². The van der Waals surface area contributed by atoms with Gasteiger partial charge in [-0.15, -0.1) is 0 Å². The summed E-state index contributed by atoms with van der Waals surface area (Å²) in [6, 6.07) is 5.60. The minimum absolute atomic E-state index is 0.116. The van der Waals surface area contributed by atoms with Crippen molar-refractivity contribution in [1.82, 2.24) is 0 Å². The number of rotatable bonds is 4. The summed E-state index contributed by atoms with van der Waals surface area (Å²) in [6.45, 7) is 4.46. The highest BCUT2D eigenvalue weighted by Crippen LogP contribution is 2.26. The Morgan fingerprint density at radius 1 is 1.47 bits per heavy atom. The summed E-state index contributed by atoms with van der Waals surface area (Å²) in [5.41, 5.74) is 7.49. The van der Waals surface area contributed by atoms with Crippen molar-refractivity contribution in [2.75, 3.05) is 6.54 Å². The Morgan fingerprint density at radius 3 is 2.60 bits per heavy atom. The van der Waals surface area contributed by atoms with E-state index in [0.29, 0.717) is 6.54 Å². The zero-order valence-corrected chi connectivity index (χ0v) is 9.96. The van der Waals surface area contributed by atoms with Gasteiger partial charge >= 0.3 is 0 Å². The van der Waals surface area contributed by atoms with Crippen molar-refractivity contribution >= 4 is 11.6 Å². The second kappa shape index (κ2) is 5.50. The zero-order valence-electron chi connectivity index (χ0n) is 9.20. The Bertz CT molecular complexity index is 323. The molecule has 0 spiro atoms. The number of aliphatic hydroxyl groups excluding tert-OH is 1. The molecule has 0 saturated carbocycles. The van der Waals surface area contributed by atoms with Crippen molar-refractivity contribution < 1.29 is 5.11 Å². The highest BCUT2D eigenvalue weighted by atomic mass is 35.5. The Labute approximate surface area is 96.1 Å². The quantitative estimate of drug-likeness (QED) is 0.831. The van der Waals surface area contributed by atoms with Crippen LogP contribution in [0.4, 0.5) is 0 Å². The van der Waals surface area contributed by atoms with Gasteiger partial charge in [-0.2, -0.15) is 0 Å². The molecule has 0 heterocycles. The smallest absolute Gasteiger partial charge is 0.0830 e. The number of hydrogen-bond donors (Lipinski definition) is 2. The molecule has 1 aromatic carbocycles. The highest BCUT2D eigenvalue weighted by Gasteiger charge is 2.17. The average molecular weight is 228 g/mol. The van der Waals surface area contributed by atoms with Crippen LogP contribution in [0, 0.1) is 12.8 Å². The van der Waals surface area contributed by atoms with Crippen molar-refractivity contribution in [2.24, 2.45) is 11.7 Å². The molecule has 84 valence electrons. The number of aryl methyl sites for hydroxylation is 1. The number of aliphatic hydroxyl groups is 1. The van der Waals surface area contributed by atoms with Crippen LogP contribution in [0.3, 0.4) is 0 Å². The van der Waals surface area contributed by atoms with Crippen molar-refractivity contribution in [2.45, 2.75) is 26.4 Å². The molecule has 0 aliphatic carbocycles. The van der Waals surface area contributed by atoms with Crippen molar-refractivity contribution in [3.63, 3.8) is 0 Å². The number of nitrogens with two attached hydrogens (primary N) is 1. The summed E-state index contributed by atoms with van der Waals surface area (Å²) < 4.78 is 0. The number of hydrogen-bond acceptors (Lipinski definition) is 2. The Hall–Kier alpha value is -0.570. The van der Waals surface area contributed by atoms with Crippen LogP contribution >= 0.6 is 11.6 Å². The lowest BCUT2D eigenvalue weighted by Gasteiger charge is -2.20. The minimum atomic E-state index is -0.490. The van der Waals surface area contributed by atoms with E-state index in [4.69, 9.17) is 17.3 Å². The molecule has 2 unspecified atom stereocenters. The van der Waals surface area contributed by atoms with E-state index in [0.717, 1.165) is 22.6 Å². The summed E-state index contributed by atoms with van der Waals surface area (Å²) in [5.74, 6) is 0.116. The van der Waals surface area contributed by atoms with Gasteiger partial charge in [-0.3, -0.25) is 0 Å². The van der Waals surface area contributed by atoms with Crippen LogP contribution in [0.25, 0.3) is 0 Å². The SMILES string of the molecule is CCC(CN)C(O)c1ccc(Cl)c(C)c1. The molecule has 0 amide bonds. The first-order valence-electron chi connectivity index (χ1n) is 5.24. The van der Waals surface area contributed by atoms with Gasteiger partial charge in [-0.25, -0.2) is 0 Å². The summed E-state index contributed by atoms with van der Waals surface area (Å²) in [6.07, 6.45) is 0.385. The summed E-state index contributed by atoms with van der Waals surface area (Å²) in [7, 11) is 0. The third-order valence-electron chi connectivity index (χ3n) is 2.80. The first kappa shape index (κ1) is 12.5. The predicted molar refractivity (Wildman–Crippen MR) is 64.0 cm³/mol. The normalized spacial score (nSPS) is 15.0. The van der Waals surface area contributed by atoms with E-state index in [9.17, 15) is 5.11 Å². The molecule has 0 radical (unpaired) electrons. The molecule has 0 aliphatic rings. The third kappa shape index (κ3) is 2.94. The maximum absolute atomic E-state index is 10.1. The fourth-order valence-corrected chi connectivity index (χ4v) is 1.76. The van der Waals surface area contributed by atoms with Gasteiger partial charge in [0, 0.05) is 10.9 Å². The van der Waals surface area contributed by atoms with Crippen LogP contribution in [0.2, 0.25) is 5.02 Å². The highest BCUT2D eigenvalue weighted by molar-refractivity contribution is 6.31. The molecule has 0 bridgehead atoms. The molecule has 3 heteroatoms. The molecule has 0 aromatic heterocycles. The van der Waals surface area contributed by atoms with Gasteiger partial charge in [0.15, 0.2) is 0 Å². The Morgan fingerprint density at radius 2 is 2.13 bits per heavy atom. The fourth-order valence-electron chi connectivity index (χ4n) is 1.64. The molecule has 2 nitrogen and oxygen atoms in total. The van der Waals surface area contributed by atoms with Gasteiger partial charge in [-0.05, 0) is 37.1 Å². The average Bonchev–Trinajstić information content (AvgIpc) is 2.23. The van der Waals surface area contributed by atoms with E-state index in [1.165, 1.54) is 0 Å². The van der Waals surface area contributed by atoms with Crippen LogP contribution in [0.1, 0.15) is 30.6 Å². The standard InChI is InChI=1S/C12H18ClNO/c1-3-9(7-14)12(15)10-4-5-11(13)8(2)6-10/h4-6,9,12,15H,3,7,14H2,1-2H3. The lowest BCUT2D eigenvalue weighted by molar-refractivity contribution is 0.110. The van der Waals surface area contributed by atoms with Crippen LogP contribution < -0.4 is 5.73 Å². The van der Waals surface area contributed by atoms with Crippen molar-refractivity contribution in [3.05, 3.63) is 34.3 Å². The maximum atomic E-state index is 10.1. The Balaban J connectivity index is 2.90. The van der Waals surface area contributed by atoms with Gasteiger partial charge < -0.3 is 10.8 Å². The molecule has 0 saturated heterocycles. The molecule has 1 aromatic rings. The first-order valence-corrected chi connectivity index (χ1v) is 5.62. The molecular formula is C12H18ClNO. The molecule has 1 rings (SSSR count). The predicted octanol–water partition coefficient (Wildman–Crippen LogP) is 2.67. The summed E-state index contributed by atoms with van der Waals surface area (Å²) in [4.78, 5) is 0.